The highest BCUT2D eigenvalue weighted by Crippen LogP contribution is 2.32. The third-order valence-electron chi connectivity index (χ3n) is 5.63. The van der Waals surface area contributed by atoms with Crippen LogP contribution in [0.1, 0.15) is 37.8 Å². The zero-order valence-electron chi connectivity index (χ0n) is 19.8. The van der Waals surface area contributed by atoms with E-state index in [1.807, 2.05) is 66.4 Å². The van der Waals surface area contributed by atoms with Gasteiger partial charge in [-0.25, -0.2) is 0 Å². The van der Waals surface area contributed by atoms with Crippen LogP contribution < -0.4 is 0 Å². The molecule has 4 aromatic rings. The van der Waals surface area contributed by atoms with Crippen molar-refractivity contribution in [2.24, 2.45) is 0 Å². The van der Waals surface area contributed by atoms with Crippen molar-refractivity contribution in [1.29, 1.82) is 0 Å². The summed E-state index contributed by atoms with van der Waals surface area (Å²) in [7, 11) is 0. The van der Waals surface area contributed by atoms with E-state index in [2.05, 4.69) is 45.7 Å². The van der Waals surface area contributed by atoms with Gasteiger partial charge in [0.2, 0.25) is 5.91 Å². The number of para-hydroxylation sites is 1. The molecule has 0 atom stereocenters. The number of benzene rings is 2. The lowest BCUT2D eigenvalue weighted by atomic mass is 10.0. The zero-order valence-corrected chi connectivity index (χ0v) is 20.6. The maximum absolute atomic E-state index is 13.1. The van der Waals surface area contributed by atoms with Crippen LogP contribution in [-0.4, -0.2) is 42.9 Å². The number of nitrogens with zero attached hydrogens (tertiary/aromatic N) is 5. The van der Waals surface area contributed by atoms with Crippen molar-refractivity contribution < 1.29 is 4.79 Å². The van der Waals surface area contributed by atoms with Crippen LogP contribution in [-0.2, 0) is 11.3 Å². The Balaban J connectivity index is 1.64. The first-order valence-electron chi connectivity index (χ1n) is 11.5. The van der Waals surface area contributed by atoms with Crippen LogP contribution in [0.25, 0.3) is 17.1 Å². The first-order chi connectivity index (χ1) is 16.6. The molecule has 2 aromatic heterocycles. The average molecular weight is 472 g/mol. The van der Waals surface area contributed by atoms with Gasteiger partial charge in [-0.15, -0.1) is 10.2 Å². The third-order valence-corrected chi connectivity index (χ3v) is 6.54. The van der Waals surface area contributed by atoms with Crippen LogP contribution in [0.15, 0.2) is 84.3 Å². The maximum Gasteiger partial charge on any atom is 0.233 e. The molecule has 0 unspecified atom stereocenters. The molecule has 0 N–H and O–H groups in total. The lowest BCUT2D eigenvalue weighted by Crippen LogP contribution is -2.31. The molecule has 174 valence electrons. The van der Waals surface area contributed by atoms with Gasteiger partial charge in [-0.1, -0.05) is 74.1 Å². The van der Waals surface area contributed by atoms with Crippen LogP contribution in [0, 0.1) is 0 Å². The van der Waals surface area contributed by atoms with Crippen LogP contribution in [0.4, 0.5) is 0 Å². The Morgan fingerprint density at radius 1 is 1.00 bits per heavy atom. The van der Waals surface area contributed by atoms with Crippen molar-refractivity contribution in [2.75, 3.05) is 12.3 Å². The van der Waals surface area contributed by atoms with Crippen LogP contribution in [0.5, 0.6) is 0 Å². The SMILES string of the molecule is CCN(Cc1ccccc1)C(=O)CSc1nnc(-c2cccnc2)n1-c1ccccc1C(C)C. The van der Waals surface area contributed by atoms with Crippen LogP contribution >= 0.6 is 11.8 Å². The monoisotopic (exact) mass is 471 g/mol. The molecule has 0 aliphatic carbocycles. The molecule has 2 aromatic carbocycles. The van der Waals surface area contributed by atoms with Crippen molar-refractivity contribution in [3.8, 4) is 17.1 Å². The summed E-state index contributed by atoms with van der Waals surface area (Å²) in [6.07, 6.45) is 3.53. The molecule has 0 aliphatic rings. The Morgan fingerprint density at radius 3 is 2.47 bits per heavy atom. The number of amides is 1. The first kappa shape index (κ1) is 23.7. The van der Waals surface area contributed by atoms with Gasteiger partial charge in [-0.05, 0) is 42.2 Å². The summed E-state index contributed by atoms with van der Waals surface area (Å²) in [6.45, 7) is 7.60. The molecule has 7 heteroatoms. The summed E-state index contributed by atoms with van der Waals surface area (Å²) in [5.41, 5.74) is 4.22. The van der Waals surface area contributed by atoms with Gasteiger partial charge in [0.05, 0.1) is 11.4 Å². The van der Waals surface area contributed by atoms with Crippen molar-refractivity contribution in [3.63, 3.8) is 0 Å². The van der Waals surface area contributed by atoms with Gasteiger partial charge in [0.1, 0.15) is 0 Å². The maximum atomic E-state index is 13.1. The zero-order chi connectivity index (χ0) is 23.9. The fraction of sp³-hybridized carbons (Fsp3) is 0.259. The highest BCUT2D eigenvalue weighted by molar-refractivity contribution is 7.99. The summed E-state index contributed by atoms with van der Waals surface area (Å²) in [4.78, 5) is 19.2. The molecular weight excluding hydrogens is 442 g/mol. The Morgan fingerprint density at radius 2 is 1.76 bits per heavy atom. The lowest BCUT2D eigenvalue weighted by molar-refractivity contribution is -0.128. The van der Waals surface area contributed by atoms with E-state index in [1.54, 1.807) is 12.4 Å². The summed E-state index contributed by atoms with van der Waals surface area (Å²) < 4.78 is 2.05. The second-order valence-corrected chi connectivity index (χ2v) is 9.22. The normalized spacial score (nSPS) is 11.1. The Hall–Kier alpha value is -3.45. The number of hydrogen-bond acceptors (Lipinski definition) is 5. The first-order valence-corrected chi connectivity index (χ1v) is 12.5. The van der Waals surface area contributed by atoms with Gasteiger partial charge in [-0.2, -0.15) is 0 Å². The Labute approximate surface area is 205 Å². The number of carbonyl (C=O) groups excluding carboxylic acids is 1. The van der Waals surface area contributed by atoms with Crippen LogP contribution in [0.3, 0.4) is 0 Å². The minimum Gasteiger partial charge on any atom is -0.338 e. The van der Waals surface area contributed by atoms with E-state index in [1.165, 1.54) is 17.3 Å². The number of carbonyl (C=O) groups is 1. The van der Waals surface area contributed by atoms with E-state index in [9.17, 15) is 4.79 Å². The molecule has 0 fully saturated rings. The van der Waals surface area contributed by atoms with Crippen molar-refractivity contribution >= 4 is 17.7 Å². The molecule has 0 aliphatic heterocycles. The number of thioether (sulfide) groups is 1. The molecule has 0 radical (unpaired) electrons. The second-order valence-electron chi connectivity index (χ2n) is 8.28. The van der Waals surface area contributed by atoms with Crippen molar-refractivity contribution in [2.45, 2.75) is 38.4 Å². The molecule has 6 nitrogen and oxygen atoms in total. The van der Waals surface area contributed by atoms with Gasteiger partial charge in [0, 0.05) is 31.0 Å². The smallest absolute Gasteiger partial charge is 0.233 e. The van der Waals surface area contributed by atoms with Gasteiger partial charge in [0.15, 0.2) is 11.0 Å². The molecule has 4 rings (SSSR count). The number of pyridine rings is 1. The number of hydrogen-bond donors (Lipinski definition) is 0. The summed E-state index contributed by atoms with van der Waals surface area (Å²) in [5.74, 6) is 1.40. The minimum absolute atomic E-state index is 0.0750. The summed E-state index contributed by atoms with van der Waals surface area (Å²) in [5, 5.41) is 9.68. The highest BCUT2D eigenvalue weighted by Gasteiger charge is 2.21. The molecule has 1 amide bonds. The van der Waals surface area contributed by atoms with E-state index in [0.717, 1.165) is 16.8 Å². The lowest BCUT2D eigenvalue weighted by Gasteiger charge is -2.21. The van der Waals surface area contributed by atoms with Gasteiger partial charge in [0.25, 0.3) is 0 Å². The van der Waals surface area contributed by atoms with Gasteiger partial charge in [-0.3, -0.25) is 14.3 Å². The molecule has 0 saturated heterocycles. The Kier molecular flexibility index (Phi) is 7.75. The standard InChI is InChI=1S/C27H29N5OS/c1-4-31(18-21-11-6-5-7-12-21)25(33)19-34-27-30-29-26(22-13-10-16-28-17-22)32(27)24-15-9-8-14-23(24)20(2)3/h5-17,20H,4,18-19H2,1-3H3. The average Bonchev–Trinajstić information content (AvgIpc) is 3.30. The quantitative estimate of drug-likeness (QED) is 0.298. The van der Waals surface area contributed by atoms with Crippen molar-refractivity contribution in [1.82, 2.24) is 24.6 Å². The van der Waals surface area contributed by atoms with Crippen LogP contribution in [0.2, 0.25) is 0 Å². The predicted molar refractivity (Wildman–Crippen MR) is 137 cm³/mol. The third kappa shape index (κ3) is 5.37. The fourth-order valence-electron chi connectivity index (χ4n) is 3.84. The van der Waals surface area contributed by atoms with Crippen molar-refractivity contribution in [3.05, 3.63) is 90.3 Å². The Bertz CT molecular complexity index is 1220. The molecule has 0 spiro atoms. The van der Waals surface area contributed by atoms with E-state index in [-0.39, 0.29) is 11.7 Å². The summed E-state index contributed by atoms with van der Waals surface area (Å²) in [6, 6.07) is 22.2. The molecule has 0 saturated carbocycles. The molecule has 2 heterocycles. The fourth-order valence-corrected chi connectivity index (χ4v) is 4.69. The molecular formula is C27H29N5OS. The number of rotatable bonds is 9. The van der Waals surface area contributed by atoms with E-state index in [0.29, 0.717) is 30.0 Å². The highest BCUT2D eigenvalue weighted by atomic mass is 32.2. The minimum atomic E-state index is 0.0750. The van der Waals surface area contributed by atoms with Gasteiger partial charge >= 0.3 is 0 Å². The van der Waals surface area contributed by atoms with E-state index in [4.69, 9.17) is 0 Å². The second kappa shape index (κ2) is 11.1. The van der Waals surface area contributed by atoms with Gasteiger partial charge < -0.3 is 4.90 Å². The summed E-state index contributed by atoms with van der Waals surface area (Å²) >= 11 is 1.42. The molecule has 0 bridgehead atoms. The largest absolute Gasteiger partial charge is 0.338 e. The van der Waals surface area contributed by atoms with E-state index >= 15 is 0 Å². The van der Waals surface area contributed by atoms with E-state index < -0.39 is 0 Å². The topological polar surface area (TPSA) is 63.9 Å². The number of aromatic nitrogens is 4. The predicted octanol–water partition coefficient (Wildman–Crippen LogP) is 5.59. The molecule has 34 heavy (non-hydrogen) atoms.